The molecule has 1 saturated heterocycles. The summed E-state index contributed by atoms with van der Waals surface area (Å²) < 4.78 is 1.06. The van der Waals surface area contributed by atoms with Crippen LogP contribution >= 0.6 is 15.9 Å². The highest BCUT2D eigenvalue weighted by molar-refractivity contribution is 9.10. The summed E-state index contributed by atoms with van der Waals surface area (Å²) >= 11 is 3.46. The van der Waals surface area contributed by atoms with Gasteiger partial charge in [0.15, 0.2) is 0 Å². The summed E-state index contributed by atoms with van der Waals surface area (Å²) in [5, 5.41) is 6.33. The number of nitrogens with one attached hydrogen (secondary N) is 2. The van der Waals surface area contributed by atoms with Crippen LogP contribution in [0.25, 0.3) is 0 Å². The van der Waals surface area contributed by atoms with Crippen LogP contribution in [0.4, 0.5) is 5.69 Å². The monoisotopic (exact) mass is 339 g/mol. The fraction of sp³-hybridized carbons (Fsp3) is 0.533. The quantitative estimate of drug-likeness (QED) is 0.885. The molecule has 2 rings (SSSR count). The van der Waals surface area contributed by atoms with Gasteiger partial charge < -0.3 is 10.6 Å². The number of aryl methyl sites for hydroxylation is 1. The third-order valence-electron chi connectivity index (χ3n) is 3.73. The third-order valence-corrected chi connectivity index (χ3v) is 4.62. The van der Waals surface area contributed by atoms with Crippen molar-refractivity contribution in [1.29, 1.82) is 0 Å². The summed E-state index contributed by atoms with van der Waals surface area (Å²) in [7, 11) is 2.02. The molecule has 1 amide bonds. The van der Waals surface area contributed by atoms with Gasteiger partial charge in [-0.3, -0.25) is 9.69 Å². The molecular weight excluding hydrogens is 318 g/mol. The fourth-order valence-electron chi connectivity index (χ4n) is 2.49. The van der Waals surface area contributed by atoms with Gasteiger partial charge in [0.05, 0.1) is 6.54 Å². The molecular formula is C15H22BrN3O. The second-order valence-electron chi connectivity index (χ2n) is 5.43. The Balaban J connectivity index is 1.86. The van der Waals surface area contributed by atoms with E-state index in [1.54, 1.807) is 0 Å². The van der Waals surface area contributed by atoms with Crippen molar-refractivity contribution in [3.8, 4) is 0 Å². The van der Waals surface area contributed by atoms with Crippen molar-refractivity contribution in [2.24, 2.45) is 0 Å². The summed E-state index contributed by atoms with van der Waals surface area (Å²) in [5.41, 5.74) is 1.97. The molecule has 1 atom stereocenters. The van der Waals surface area contributed by atoms with Gasteiger partial charge in [0, 0.05) is 22.7 Å². The lowest BCUT2D eigenvalue weighted by molar-refractivity contribution is -0.117. The minimum absolute atomic E-state index is 0.0415. The number of anilines is 1. The number of rotatable bonds is 4. The molecule has 1 aliphatic rings. The van der Waals surface area contributed by atoms with E-state index in [9.17, 15) is 4.79 Å². The molecule has 20 heavy (non-hydrogen) atoms. The first-order chi connectivity index (χ1) is 9.56. The average Bonchev–Trinajstić information content (AvgIpc) is 2.44. The summed E-state index contributed by atoms with van der Waals surface area (Å²) in [6.45, 7) is 4.51. The van der Waals surface area contributed by atoms with Gasteiger partial charge in [0.2, 0.25) is 5.91 Å². The van der Waals surface area contributed by atoms with Gasteiger partial charge in [-0.1, -0.05) is 15.9 Å². The number of benzene rings is 1. The number of amides is 1. The number of piperidine rings is 1. The molecule has 5 heteroatoms. The Morgan fingerprint density at radius 2 is 2.35 bits per heavy atom. The molecule has 0 aromatic heterocycles. The standard InChI is InChI=1S/C15H22BrN3O/c1-11-8-12(5-6-14(11)16)18-15(20)10-19(2)13-4-3-7-17-9-13/h5-6,8,13,17H,3-4,7,9-10H2,1-2H3,(H,18,20). The van der Waals surface area contributed by atoms with Crippen LogP contribution in [0.3, 0.4) is 0 Å². The summed E-state index contributed by atoms with van der Waals surface area (Å²) in [6.07, 6.45) is 2.34. The van der Waals surface area contributed by atoms with Crippen LogP contribution in [0.5, 0.6) is 0 Å². The van der Waals surface area contributed by atoms with Crippen molar-refractivity contribution in [1.82, 2.24) is 10.2 Å². The summed E-state index contributed by atoms with van der Waals surface area (Å²) in [5.74, 6) is 0.0415. The molecule has 4 nitrogen and oxygen atoms in total. The number of likely N-dealkylation sites (N-methyl/N-ethyl adjacent to an activating group) is 1. The fourth-order valence-corrected chi connectivity index (χ4v) is 2.73. The predicted molar refractivity (Wildman–Crippen MR) is 86.0 cm³/mol. The Morgan fingerprint density at radius 3 is 3.00 bits per heavy atom. The van der Waals surface area contributed by atoms with E-state index >= 15 is 0 Å². The van der Waals surface area contributed by atoms with Gasteiger partial charge >= 0.3 is 0 Å². The van der Waals surface area contributed by atoms with E-state index in [1.807, 2.05) is 32.2 Å². The van der Waals surface area contributed by atoms with Gasteiger partial charge in [-0.05, 0) is 57.1 Å². The van der Waals surface area contributed by atoms with Crippen LogP contribution < -0.4 is 10.6 Å². The molecule has 1 fully saturated rings. The van der Waals surface area contributed by atoms with Crippen LogP contribution in [0.2, 0.25) is 0 Å². The van der Waals surface area contributed by atoms with E-state index < -0.39 is 0 Å². The van der Waals surface area contributed by atoms with Crippen LogP contribution in [-0.4, -0.2) is 43.5 Å². The van der Waals surface area contributed by atoms with E-state index in [4.69, 9.17) is 0 Å². The molecule has 2 N–H and O–H groups in total. The first kappa shape index (κ1) is 15.5. The zero-order valence-corrected chi connectivity index (χ0v) is 13.7. The molecule has 0 radical (unpaired) electrons. The molecule has 1 aromatic carbocycles. The normalized spacial score (nSPS) is 19.1. The van der Waals surface area contributed by atoms with Crippen molar-refractivity contribution >= 4 is 27.5 Å². The molecule has 1 heterocycles. The maximum absolute atomic E-state index is 12.1. The Labute approximate surface area is 129 Å². The third kappa shape index (κ3) is 4.30. The molecule has 110 valence electrons. The van der Waals surface area contributed by atoms with Crippen molar-refractivity contribution in [2.75, 3.05) is 32.0 Å². The van der Waals surface area contributed by atoms with Crippen LogP contribution in [0.15, 0.2) is 22.7 Å². The number of hydrogen-bond donors (Lipinski definition) is 2. The maximum Gasteiger partial charge on any atom is 0.238 e. The van der Waals surface area contributed by atoms with E-state index in [0.29, 0.717) is 12.6 Å². The van der Waals surface area contributed by atoms with Gasteiger partial charge in [-0.25, -0.2) is 0 Å². The summed E-state index contributed by atoms with van der Waals surface area (Å²) in [6, 6.07) is 6.31. The lowest BCUT2D eigenvalue weighted by Crippen LogP contribution is -2.46. The number of hydrogen-bond acceptors (Lipinski definition) is 3. The van der Waals surface area contributed by atoms with Gasteiger partial charge in [-0.2, -0.15) is 0 Å². The smallest absolute Gasteiger partial charge is 0.238 e. The lowest BCUT2D eigenvalue weighted by atomic mass is 10.1. The highest BCUT2D eigenvalue weighted by atomic mass is 79.9. The molecule has 1 aliphatic heterocycles. The Hall–Kier alpha value is -0.910. The number of nitrogens with zero attached hydrogens (tertiary/aromatic N) is 1. The molecule has 1 unspecified atom stereocenters. The number of carbonyl (C=O) groups excluding carboxylic acids is 1. The topological polar surface area (TPSA) is 44.4 Å². The average molecular weight is 340 g/mol. The summed E-state index contributed by atoms with van der Waals surface area (Å²) in [4.78, 5) is 14.2. The predicted octanol–water partition coefficient (Wildman–Crippen LogP) is 2.38. The largest absolute Gasteiger partial charge is 0.325 e. The Kier molecular flexibility index (Phi) is 5.57. The van der Waals surface area contributed by atoms with Crippen molar-refractivity contribution in [3.05, 3.63) is 28.2 Å². The highest BCUT2D eigenvalue weighted by Gasteiger charge is 2.19. The van der Waals surface area contributed by atoms with Gasteiger partial charge in [-0.15, -0.1) is 0 Å². The maximum atomic E-state index is 12.1. The van der Waals surface area contributed by atoms with Gasteiger partial charge in [0.25, 0.3) is 0 Å². The Bertz CT molecular complexity index is 472. The first-order valence-corrected chi connectivity index (χ1v) is 7.82. The highest BCUT2D eigenvalue weighted by Crippen LogP contribution is 2.20. The van der Waals surface area contributed by atoms with Crippen LogP contribution in [-0.2, 0) is 4.79 Å². The second kappa shape index (κ2) is 7.20. The Morgan fingerprint density at radius 1 is 1.55 bits per heavy atom. The molecule has 1 aromatic rings. The molecule has 0 aliphatic carbocycles. The minimum Gasteiger partial charge on any atom is -0.325 e. The minimum atomic E-state index is 0.0415. The van der Waals surface area contributed by atoms with Crippen molar-refractivity contribution < 1.29 is 4.79 Å². The van der Waals surface area contributed by atoms with Crippen LogP contribution in [0, 0.1) is 6.92 Å². The zero-order chi connectivity index (χ0) is 14.5. The number of carbonyl (C=O) groups is 1. The van der Waals surface area contributed by atoms with E-state index in [1.165, 1.54) is 6.42 Å². The van der Waals surface area contributed by atoms with Gasteiger partial charge in [0.1, 0.15) is 0 Å². The second-order valence-corrected chi connectivity index (χ2v) is 6.28. The SMILES string of the molecule is Cc1cc(NC(=O)CN(C)C2CCCNC2)ccc1Br. The van der Waals surface area contributed by atoms with E-state index in [2.05, 4.69) is 31.5 Å². The zero-order valence-electron chi connectivity index (χ0n) is 12.1. The van der Waals surface area contributed by atoms with Crippen molar-refractivity contribution in [2.45, 2.75) is 25.8 Å². The molecule has 0 spiro atoms. The molecule has 0 bridgehead atoms. The molecule has 0 saturated carbocycles. The van der Waals surface area contributed by atoms with E-state index in [-0.39, 0.29) is 5.91 Å². The number of halogens is 1. The van der Waals surface area contributed by atoms with Crippen molar-refractivity contribution in [3.63, 3.8) is 0 Å². The van der Waals surface area contributed by atoms with Crippen LogP contribution in [0.1, 0.15) is 18.4 Å². The lowest BCUT2D eigenvalue weighted by Gasteiger charge is -2.31. The first-order valence-electron chi connectivity index (χ1n) is 7.03. The van der Waals surface area contributed by atoms with E-state index in [0.717, 1.165) is 35.2 Å².